The van der Waals surface area contributed by atoms with E-state index < -0.39 is 30.4 Å². The second kappa shape index (κ2) is 9.76. The number of hydrogen-bond acceptors (Lipinski definition) is 5. The molecular weight excluding hydrogens is 480 g/mol. The quantitative estimate of drug-likeness (QED) is 0.521. The normalized spacial score (nSPS) is 17.9. The second-order valence-electron chi connectivity index (χ2n) is 8.20. The fourth-order valence-corrected chi connectivity index (χ4v) is 3.78. The summed E-state index contributed by atoms with van der Waals surface area (Å²) in [6, 6.07) is 6.62. The Labute approximate surface area is 196 Å². The van der Waals surface area contributed by atoms with Gasteiger partial charge in [0.15, 0.2) is 0 Å². The summed E-state index contributed by atoms with van der Waals surface area (Å²) in [5.41, 5.74) is 0.988. The average molecular weight is 501 g/mol. The Morgan fingerprint density at radius 2 is 1.77 bits per heavy atom. The fourth-order valence-electron chi connectivity index (χ4n) is 3.78. The molecule has 4 rings (SSSR count). The van der Waals surface area contributed by atoms with Gasteiger partial charge >= 0.3 is 18.6 Å². The van der Waals surface area contributed by atoms with Crippen molar-refractivity contribution in [3.8, 4) is 11.6 Å². The molecule has 1 aliphatic carbocycles. The minimum atomic E-state index is -4.93. The van der Waals surface area contributed by atoms with Crippen molar-refractivity contribution < 1.29 is 40.6 Å². The van der Waals surface area contributed by atoms with E-state index >= 15 is 0 Å². The van der Waals surface area contributed by atoms with Crippen LogP contribution in [0.25, 0.3) is 5.57 Å². The van der Waals surface area contributed by atoms with Gasteiger partial charge in [-0.15, -0.1) is 13.2 Å². The molecule has 1 aromatic heterocycles. The molecule has 1 fully saturated rings. The first kappa shape index (κ1) is 24.8. The molecule has 1 aliphatic heterocycles. The molecule has 2 aliphatic rings. The number of carbonyl (C=O) groups excluding carboxylic acids is 1. The van der Waals surface area contributed by atoms with Crippen molar-refractivity contribution in [2.75, 3.05) is 13.1 Å². The maximum atomic E-state index is 13.9. The SMILES string of the molecule is O=C(NC1CC1)Oc1cccc(C2=CCN(C(c3ccc(OC(F)(F)F)cc3)C(F)(F)F)CC2)n1. The largest absolute Gasteiger partial charge is 0.573 e. The van der Waals surface area contributed by atoms with E-state index in [-0.39, 0.29) is 37.0 Å². The number of pyridine rings is 1. The van der Waals surface area contributed by atoms with Gasteiger partial charge in [0.25, 0.3) is 0 Å². The molecule has 1 unspecified atom stereocenters. The summed E-state index contributed by atoms with van der Waals surface area (Å²) >= 11 is 0. The molecule has 1 atom stereocenters. The van der Waals surface area contributed by atoms with Crippen molar-refractivity contribution in [3.05, 3.63) is 59.8 Å². The lowest BCUT2D eigenvalue weighted by molar-refractivity contribution is -0.274. The van der Waals surface area contributed by atoms with Crippen molar-refractivity contribution in [1.29, 1.82) is 0 Å². The number of ether oxygens (including phenoxy) is 2. The van der Waals surface area contributed by atoms with Gasteiger partial charge in [0, 0.05) is 25.2 Å². The summed E-state index contributed by atoms with van der Waals surface area (Å²) in [7, 11) is 0. The molecular formula is C23H21F6N3O3. The van der Waals surface area contributed by atoms with Crippen LogP contribution in [-0.4, -0.2) is 47.6 Å². The molecule has 1 N–H and O–H groups in total. The zero-order valence-electron chi connectivity index (χ0n) is 18.2. The maximum absolute atomic E-state index is 13.9. The minimum absolute atomic E-state index is 0.0335. The van der Waals surface area contributed by atoms with Crippen molar-refractivity contribution in [3.63, 3.8) is 0 Å². The molecule has 188 valence electrons. The highest BCUT2D eigenvalue weighted by Gasteiger charge is 2.45. The van der Waals surface area contributed by atoms with Crippen molar-refractivity contribution in [2.24, 2.45) is 0 Å². The molecule has 1 aromatic carbocycles. The van der Waals surface area contributed by atoms with Gasteiger partial charge < -0.3 is 14.8 Å². The van der Waals surface area contributed by atoms with E-state index in [4.69, 9.17) is 4.74 Å². The Kier molecular flexibility index (Phi) is 6.93. The van der Waals surface area contributed by atoms with E-state index in [2.05, 4.69) is 15.0 Å². The molecule has 2 aromatic rings. The van der Waals surface area contributed by atoms with E-state index in [9.17, 15) is 31.1 Å². The zero-order chi connectivity index (χ0) is 25.2. The van der Waals surface area contributed by atoms with Crippen LogP contribution in [0.4, 0.5) is 31.1 Å². The Bertz CT molecular complexity index is 1080. The predicted octanol–water partition coefficient (Wildman–Crippen LogP) is 5.62. The van der Waals surface area contributed by atoms with Gasteiger partial charge in [-0.1, -0.05) is 24.3 Å². The number of halogens is 6. The molecule has 2 heterocycles. The van der Waals surface area contributed by atoms with E-state index in [1.807, 2.05) is 0 Å². The first-order valence-electron chi connectivity index (χ1n) is 10.8. The Balaban J connectivity index is 1.45. The fraction of sp³-hybridized carbons (Fsp3) is 0.391. The minimum Gasteiger partial charge on any atom is -0.406 e. The van der Waals surface area contributed by atoms with Crippen LogP contribution in [0.15, 0.2) is 48.5 Å². The molecule has 12 heteroatoms. The van der Waals surface area contributed by atoms with E-state index in [1.54, 1.807) is 18.2 Å². The summed E-state index contributed by atoms with van der Waals surface area (Å²) < 4.78 is 87.7. The molecule has 0 saturated heterocycles. The highest BCUT2D eigenvalue weighted by atomic mass is 19.4. The highest BCUT2D eigenvalue weighted by molar-refractivity contribution is 5.71. The summed E-state index contributed by atoms with van der Waals surface area (Å²) in [5, 5.41) is 2.67. The standard InChI is InChI=1S/C23H21F6N3O3/c24-22(25,26)20(15-4-8-17(9-5-15)35-23(27,28)29)32-12-10-14(11-13-32)18-2-1-3-19(31-18)34-21(33)30-16-6-7-16/h1-5,8-10,16,20H,6-7,11-13H2,(H,30,33). The van der Waals surface area contributed by atoms with Crippen LogP contribution in [0.5, 0.6) is 11.6 Å². The Morgan fingerprint density at radius 1 is 1.06 bits per heavy atom. The van der Waals surface area contributed by atoms with Gasteiger partial charge in [-0.05, 0) is 48.6 Å². The number of hydrogen-bond donors (Lipinski definition) is 1. The van der Waals surface area contributed by atoms with E-state index in [0.717, 1.165) is 37.1 Å². The molecule has 0 radical (unpaired) electrons. The molecule has 6 nitrogen and oxygen atoms in total. The van der Waals surface area contributed by atoms with E-state index in [0.29, 0.717) is 11.3 Å². The number of alkyl halides is 6. The van der Waals surface area contributed by atoms with Crippen LogP contribution < -0.4 is 14.8 Å². The monoisotopic (exact) mass is 501 g/mol. The second-order valence-corrected chi connectivity index (χ2v) is 8.20. The summed E-state index contributed by atoms with van der Waals surface area (Å²) in [4.78, 5) is 17.3. The highest BCUT2D eigenvalue weighted by Crippen LogP contribution is 2.40. The third-order valence-corrected chi connectivity index (χ3v) is 5.49. The smallest absolute Gasteiger partial charge is 0.406 e. The van der Waals surface area contributed by atoms with Crippen molar-refractivity contribution in [1.82, 2.24) is 15.2 Å². The van der Waals surface area contributed by atoms with Crippen molar-refractivity contribution >= 4 is 11.7 Å². The number of nitrogens with one attached hydrogen (secondary N) is 1. The molecule has 0 spiro atoms. The Hall–Kier alpha value is -3.28. The van der Waals surface area contributed by atoms with Gasteiger partial charge in [0.05, 0.1) is 5.69 Å². The molecule has 35 heavy (non-hydrogen) atoms. The lowest BCUT2D eigenvalue weighted by atomic mass is 9.99. The van der Waals surface area contributed by atoms with Crippen LogP contribution in [0, 0.1) is 0 Å². The van der Waals surface area contributed by atoms with Crippen LogP contribution in [-0.2, 0) is 0 Å². The molecule has 0 bridgehead atoms. The number of amides is 1. The predicted molar refractivity (Wildman–Crippen MR) is 113 cm³/mol. The zero-order valence-corrected chi connectivity index (χ0v) is 18.2. The number of rotatable bonds is 6. The number of nitrogens with zero attached hydrogens (tertiary/aromatic N) is 2. The van der Waals surface area contributed by atoms with Gasteiger partial charge in [-0.3, -0.25) is 4.90 Å². The van der Waals surface area contributed by atoms with Crippen molar-refractivity contribution in [2.45, 2.75) is 43.9 Å². The van der Waals surface area contributed by atoms with Gasteiger partial charge in [-0.25, -0.2) is 9.78 Å². The first-order valence-corrected chi connectivity index (χ1v) is 10.8. The third-order valence-electron chi connectivity index (χ3n) is 5.49. The van der Waals surface area contributed by atoms with E-state index in [1.165, 1.54) is 11.0 Å². The van der Waals surface area contributed by atoms with Gasteiger partial charge in [0.2, 0.25) is 5.88 Å². The third kappa shape index (κ3) is 6.87. The summed E-state index contributed by atoms with van der Waals surface area (Å²) in [6.45, 7) is -0.0268. The summed E-state index contributed by atoms with van der Waals surface area (Å²) in [6.07, 6.45) is -6.55. The van der Waals surface area contributed by atoms with Crippen LogP contribution in [0.3, 0.4) is 0 Å². The Morgan fingerprint density at radius 3 is 2.34 bits per heavy atom. The average Bonchev–Trinajstić information content (AvgIpc) is 3.58. The lowest BCUT2D eigenvalue weighted by Crippen LogP contribution is -2.40. The molecule has 1 saturated carbocycles. The van der Waals surface area contributed by atoms with Crippen LogP contribution in [0.2, 0.25) is 0 Å². The number of benzene rings is 1. The van der Waals surface area contributed by atoms with Crippen LogP contribution >= 0.6 is 0 Å². The first-order chi connectivity index (χ1) is 16.5. The maximum Gasteiger partial charge on any atom is 0.573 e. The van der Waals surface area contributed by atoms with Crippen LogP contribution in [0.1, 0.15) is 36.6 Å². The summed E-state index contributed by atoms with van der Waals surface area (Å²) in [5.74, 6) is -0.514. The van der Waals surface area contributed by atoms with Gasteiger partial charge in [0.1, 0.15) is 11.8 Å². The number of aromatic nitrogens is 1. The lowest BCUT2D eigenvalue weighted by Gasteiger charge is -2.35. The van der Waals surface area contributed by atoms with Gasteiger partial charge in [-0.2, -0.15) is 13.2 Å². The number of carbonyl (C=O) groups is 1. The topological polar surface area (TPSA) is 63.7 Å². The molecule has 1 amide bonds.